The largest absolute Gasteiger partial charge is 0.474 e. The Morgan fingerprint density at radius 3 is 2.94 bits per heavy atom. The van der Waals surface area contributed by atoms with Crippen LogP contribution in [0.25, 0.3) is 11.0 Å². The molecule has 0 aliphatic carbocycles. The number of hydrogen-bond acceptors (Lipinski definition) is 6. The van der Waals surface area contributed by atoms with Crippen LogP contribution in [0.4, 0.5) is 0 Å². The van der Waals surface area contributed by atoms with Gasteiger partial charge in [0.1, 0.15) is 12.0 Å². The van der Waals surface area contributed by atoms with Crippen LogP contribution in [0.2, 0.25) is 0 Å². The van der Waals surface area contributed by atoms with E-state index in [1.54, 1.807) is 12.1 Å². The van der Waals surface area contributed by atoms with Crippen molar-refractivity contribution in [3.63, 3.8) is 0 Å². The Morgan fingerprint density at radius 1 is 1.50 bits per heavy atom. The number of ether oxygens (including phenoxy) is 2. The van der Waals surface area contributed by atoms with E-state index in [4.69, 9.17) is 19.7 Å². The normalized spacial score (nSPS) is 10.6. The Bertz CT molecular complexity index is 577. The molecular formula is C12H14N2O4. The highest BCUT2D eigenvalue weighted by Crippen LogP contribution is 2.31. The van der Waals surface area contributed by atoms with Crippen molar-refractivity contribution < 1.29 is 18.8 Å². The van der Waals surface area contributed by atoms with Crippen molar-refractivity contribution in [2.45, 2.75) is 6.92 Å². The molecule has 0 saturated heterocycles. The number of nitrogens with two attached hydrogens (primary N) is 1. The number of hydrogen-bond donors (Lipinski definition) is 1. The lowest BCUT2D eigenvalue weighted by Gasteiger charge is -2.06. The zero-order chi connectivity index (χ0) is 13.1. The summed E-state index contributed by atoms with van der Waals surface area (Å²) in [7, 11) is 1.33. The number of fused-ring (bicyclic) bond motifs is 1. The molecule has 0 aliphatic rings. The molecule has 0 atom stereocenters. The van der Waals surface area contributed by atoms with Crippen LogP contribution in [0.15, 0.2) is 16.7 Å². The van der Waals surface area contributed by atoms with Crippen molar-refractivity contribution in [3.05, 3.63) is 23.3 Å². The van der Waals surface area contributed by atoms with Crippen LogP contribution in [-0.4, -0.2) is 31.4 Å². The molecule has 0 bridgehead atoms. The number of esters is 1. The molecule has 18 heavy (non-hydrogen) atoms. The maximum absolute atomic E-state index is 11.8. The average Bonchev–Trinajstić information content (AvgIpc) is 2.78. The summed E-state index contributed by atoms with van der Waals surface area (Å²) in [4.78, 5) is 11.8. The molecule has 2 rings (SSSR count). The third-order valence-electron chi connectivity index (χ3n) is 2.56. The zero-order valence-electron chi connectivity index (χ0n) is 10.2. The van der Waals surface area contributed by atoms with Gasteiger partial charge in [-0.25, -0.2) is 4.79 Å². The highest BCUT2D eigenvalue weighted by atomic mass is 16.5. The van der Waals surface area contributed by atoms with Crippen LogP contribution in [0.1, 0.15) is 15.9 Å². The molecule has 0 fully saturated rings. The minimum Gasteiger partial charge on any atom is -0.474 e. The summed E-state index contributed by atoms with van der Waals surface area (Å²) in [6.07, 6.45) is 0. The first kappa shape index (κ1) is 12.4. The SMILES string of the molecule is COC(=O)c1c(C)ccc2onc(OCCN)c12. The van der Waals surface area contributed by atoms with Crippen molar-refractivity contribution in [2.24, 2.45) is 5.73 Å². The van der Waals surface area contributed by atoms with Crippen molar-refractivity contribution in [1.82, 2.24) is 5.16 Å². The molecular weight excluding hydrogens is 236 g/mol. The first-order valence-electron chi connectivity index (χ1n) is 5.49. The van der Waals surface area contributed by atoms with E-state index in [1.807, 2.05) is 6.92 Å². The van der Waals surface area contributed by atoms with E-state index in [1.165, 1.54) is 7.11 Å². The Kier molecular flexibility index (Phi) is 3.47. The van der Waals surface area contributed by atoms with Crippen molar-refractivity contribution in [2.75, 3.05) is 20.3 Å². The van der Waals surface area contributed by atoms with Gasteiger partial charge in [-0.15, -0.1) is 0 Å². The predicted octanol–water partition coefficient (Wildman–Crippen LogP) is 1.26. The van der Waals surface area contributed by atoms with Gasteiger partial charge >= 0.3 is 5.97 Å². The molecule has 96 valence electrons. The molecule has 2 aromatic rings. The van der Waals surface area contributed by atoms with Crippen molar-refractivity contribution >= 4 is 16.9 Å². The number of aryl methyl sites for hydroxylation is 1. The molecule has 0 saturated carbocycles. The van der Waals surface area contributed by atoms with Crippen LogP contribution in [0.5, 0.6) is 5.88 Å². The molecule has 6 heteroatoms. The minimum absolute atomic E-state index is 0.263. The zero-order valence-corrected chi connectivity index (χ0v) is 10.2. The maximum Gasteiger partial charge on any atom is 0.339 e. The molecule has 1 heterocycles. The average molecular weight is 250 g/mol. The second-order valence-corrected chi connectivity index (χ2v) is 3.75. The third-order valence-corrected chi connectivity index (χ3v) is 2.56. The van der Waals surface area contributed by atoms with E-state index in [0.717, 1.165) is 5.56 Å². The fourth-order valence-corrected chi connectivity index (χ4v) is 1.73. The predicted molar refractivity (Wildman–Crippen MR) is 64.6 cm³/mol. The summed E-state index contributed by atoms with van der Waals surface area (Å²) in [5, 5.41) is 4.31. The number of nitrogens with zero attached hydrogens (tertiary/aromatic N) is 1. The Balaban J connectivity index is 2.61. The van der Waals surface area contributed by atoms with Gasteiger partial charge in [0.25, 0.3) is 5.88 Å². The molecule has 0 amide bonds. The fourth-order valence-electron chi connectivity index (χ4n) is 1.73. The van der Waals surface area contributed by atoms with E-state index in [-0.39, 0.29) is 5.88 Å². The third kappa shape index (κ3) is 2.02. The van der Waals surface area contributed by atoms with Gasteiger partial charge in [-0.1, -0.05) is 6.07 Å². The Morgan fingerprint density at radius 2 is 2.28 bits per heavy atom. The lowest BCUT2D eigenvalue weighted by Crippen LogP contribution is -2.11. The molecule has 0 unspecified atom stereocenters. The van der Waals surface area contributed by atoms with E-state index in [9.17, 15) is 4.79 Å². The Labute approximate surface area is 104 Å². The summed E-state index contributed by atoms with van der Waals surface area (Å²) in [5.74, 6) is -0.182. The van der Waals surface area contributed by atoms with Crippen LogP contribution >= 0.6 is 0 Å². The highest BCUT2D eigenvalue weighted by Gasteiger charge is 2.21. The van der Waals surface area contributed by atoms with Crippen LogP contribution in [0.3, 0.4) is 0 Å². The minimum atomic E-state index is -0.445. The number of aromatic nitrogens is 1. The van der Waals surface area contributed by atoms with Crippen LogP contribution < -0.4 is 10.5 Å². The molecule has 0 radical (unpaired) electrons. The number of carbonyl (C=O) groups is 1. The van der Waals surface area contributed by atoms with Crippen molar-refractivity contribution in [3.8, 4) is 5.88 Å². The van der Waals surface area contributed by atoms with Gasteiger partial charge < -0.3 is 19.7 Å². The summed E-state index contributed by atoms with van der Waals surface area (Å²) in [5.41, 5.74) is 7.03. The molecule has 2 N–H and O–H groups in total. The topological polar surface area (TPSA) is 87.6 Å². The monoisotopic (exact) mass is 250 g/mol. The van der Waals surface area contributed by atoms with Gasteiger partial charge in [0.05, 0.1) is 12.7 Å². The van der Waals surface area contributed by atoms with E-state index < -0.39 is 5.97 Å². The van der Waals surface area contributed by atoms with Crippen LogP contribution in [-0.2, 0) is 4.74 Å². The first-order chi connectivity index (χ1) is 8.69. The second-order valence-electron chi connectivity index (χ2n) is 3.75. The second kappa shape index (κ2) is 5.05. The number of methoxy groups -OCH3 is 1. The quantitative estimate of drug-likeness (QED) is 0.822. The van der Waals surface area contributed by atoms with Gasteiger partial charge in [-0.2, -0.15) is 0 Å². The molecule has 0 aliphatic heterocycles. The van der Waals surface area contributed by atoms with Crippen LogP contribution in [0, 0.1) is 6.92 Å². The molecule has 1 aromatic heterocycles. The standard InChI is InChI=1S/C12H14N2O4/c1-7-3-4-8-10(9(7)12(15)16-2)11(14-18-8)17-6-5-13/h3-4H,5-6,13H2,1-2H3. The summed E-state index contributed by atoms with van der Waals surface area (Å²) < 4.78 is 15.2. The lowest BCUT2D eigenvalue weighted by molar-refractivity contribution is 0.0602. The van der Waals surface area contributed by atoms with Gasteiger partial charge in [0, 0.05) is 6.54 Å². The van der Waals surface area contributed by atoms with Crippen molar-refractivity contribution in [1.29, 1.82) is 0 Å². The van der Waals surface area contributed by atoms with Gasteiger partial charge in [-0.3, -0.25) is 0 Å². The molecule has 1 aromatic carbocycles. The molecule has 6 nitrogen and oxygen atoms in total. The highest BCUT2D eigenvalue weighted by molar-refractivity contribution is 6.06. The number of rotatable bonds is 4. The summed E-state index contributed by atoms with van der Waals surface area (Å²) in [6.45, 7) is 2.47. The smallest absolute Gasteiger partial charge is 0.339 e. The molecule has 0 spiro atoms. The lowest BCUT2D eigenvalue weighted by atomic mass is 10.0. The first-order valence-corrected chi connectivity index (χ1v) is 5.49. The Hall–Kier alpha value is -2.08. The van der Waals surface area contributed by atoms with Gasteiger partial charge in [0.2, 0.25) is 0 Å². The fraction of sp³-hybridized carbons (Fsp3) is 0.333. The van der Waals surface area contributed by atoms with Gasteiger partial charge in [0.15, 0.2) is 5.58 Å². The van der Waals surface area contributed by atoms with E-state index in [2.05, 4.69) is 5.16 Å². The van der Waals surface area contributed by atoms with E-state index in [0.29, 0.717) is 29.7 Å². The van der Waals surface area contributed by atoms with E-state index >= 15 is 0 Å². The maximum atomic E-state index is 11.8. The van der Waals surface area contributed by atoms with Gasteiger partial charge in [-0.05, 0) is 23.7 Å². The number of carbonyl (C=O) groups excluding carboxylic acids is 1. The summed E-state index contributed by atoms with van der Waals surface area (Å²) >= 11 is 0. The summed E-state index contributed by atoms with van der Waals surface area (Å²) in [6, 6.07) is 3.51. The number of benzene rings is 1.